The molecule has 1 atom stereocenters. The van der Waals surface area contributed by atoms with Gasteiger partial charge in [-0.15, -0.1) is 0 Å². The molecule has 0 amide bonds. The molecule has 7 nitrogen and oxygen atoms in total. The van der Waals surface area contributed by atoms with Crippen LogP contribution in [0, 0.1) is 16.0 Å². The number of hydrogen-bond donors (Lipinski definition) is 2. The first-order valence-electron chi connectivity index (χ1n) is 6.43. The molecule has 19 heavy (non-hydrogen) atoms. The fourth-order valence-corrected chi connectivity index (χ4v) is 1.82. The fourth-order valence-electron chi connectivity index (χ4n) is 1.82. The van der Waals surface area contributed by atoms with Gasteiger partial charge in [-0.3, -0.25) is 10.1 Å². The van der Waals surface area contributed by atoms with Crippen LogP contribution in [0.4, 0.5) is 17.3 Å². The summed E-state index contributed by atoms with van der Waals surface area (Å²) in [7, 11) is 0. The minimum Gasteiger partial charge on any atom is -0.378 e. The Morgan fingerprint density at radius 1 is 1.37 bits per heavy atom. The van der Waals surface area contributed by atoms with Crippen molar-refractivity contribution in [3.8, 4) is 0 Å². The van der Waals surface area contributed by atoms with Crippen molar-refractivity contribution in [3.63, 3.8) is 0 Å². The van der Waals surface area contributed by atoms with E-state index in [2.05, 4.69) is 29.1 Å². The fraction of sp³-hybridized carbons (Fsp3) is 0.667. The third kappa shape index (κ3) is 4.69. The van der Waals surface area contributed by atoms with Crippen molar-refractivity contribution < 1.29 is 4.92 Å². The second-order valence-electron chi connectivity index (χ2n) is 5.08. The van der Waals surface area contributed by atoms with E-state index in [1.165, 1.54) is 6.33 Å². The number of anilines is 2. The first-order chi connectivity index (χ1) is 8.91. The first kappa shape index (κ1) is 15.1. The molecule has 3 N–H and O–H groups in total. The molecule has 0 aliphatic heterocycles. The summed E-state index contributed by atoms with van der Waals surface area (Å²) < 4.78 is 0. The van der Waals surface area contributed by atoms with Crippen LogP contribution in [0.2, 0.25) is 0 Å². The van der Waals surface area contributed by atoms with Crippen molar-refractivity contribution in [2.45, 2.75) is 46.1 Å². The van der Waals surface area contributed by atoms with Crippen molar-refractivity contribution in [2.24, 2.45) is 5.92 Å². The highest BCUT2D eigenvalue weighted by Crippen LogP contribution is 2.27. The molecule has 0 aliphatic carbocycles. The van der Waals surface area contributed by atoms with E-state index in [1.807, 2.05) is 6.92 Å². The molecule has 0 fully saturated rings. The van der Waals surface area contributed by atoms with Crippen LogP contribution in [0.3, 0.4) is 0 Å². The zero-order valence-electron chi connectivity index (χ0n) is 11.6. The van der Waals surface area contributed by atoms with Crippen LogP contribution in [0.5, 0.6) is 0 Å². The van der Waals surface area contributed by atoms with E-state index in [9.17, 15) is 10.1 Å². The molecule has 1 unspecified atom stereocenters. The minimum atomic E-state index is -0.557. The van der Waals surface area contributed by atoms with Crippen LogP contribution in [0.1, 0.15) is 40.0 Å². The summed E-state index contributed by atoms with van der Waals surface area (Å²) in [5.74, 6) is 0.739. The third-order valence-electron chi connectivity index (χ3n) is 2.83. The lowest BCUT2D eigenvalue weighted by molar-refractivity contribution is -0.383. The molecule has 0 saturated heterocycles. The molecule has 0 bridgehead atoms. The van der Waals surface area contributed by atoms with E-state index in [0.29, 0.717) is 5.92 Å². The van der Waals surface area contributed by atoms with E-state index in [1.54, 1.807) is 0 Å². The first-order valence-corrected chi connectivity index (χ1v) is 6.43. The predicted molar refractivity (Wildman–Crippen MR) is 74.9 cm³/mol. The Bertz CT molecular complexity index is 436. The van der Waals surface area contributed by atoms with Gasteiger partial charge in [-0.2, -0.15) is 0 Å². The number of nitrogens with two attached hydrogens (primary N) is 1. The lowest BCUT2D eigenvalue weighted by atomic mass is 10.0. The molecule has 106 valence electrons. The molecule has 0 aliphatic rings. The standard InChI is InChI=1S/C12H21N5O2/c1-8(2)5-4-6-9(3)16-12-10(17(18)19)11(13)14-7-15-12/h7-9H,4-6H2,1-3H3,(H3,13,14,15,16). The van der Waals surface area contributed by atoms with Gasteiger partial charge in [0.25, 0.3) is 0 Å². The number of aromatic nitrogens is 2. The van der Waals surface area contributed by atoms with Gasteiger partial charge >= 0.3 is 5.69 Å². The number of nitrogens with zero attached hydrogens (tertiary/aromatic N) is 3. The average Bonchev–Trinajstić information content (AvgIpc) is 2.27. The maximum atomic E-state index is 10.9. The van der Waals surface area contributed by atoms with E-state index >= 15 is 0 Å². The summed E-state index contributed by atoms with van der Waals surface area (Å²) in [6.07, 6.45) is 4.37. The zero-order valence-corrected chi connectivity index (χ0v) is 11.6. The smallest absolute Gasteiger partial charge is 0.352 e. The number of nitrogen functional groups attached to an aromatic ring is 1. The molecular weight excluding hydrogens is 246 g/mol. The monoisotopic (exact) mass is 267 g/mol. The van der Waals surface area contributed by atoms with Crippen molar-refractivity contribution >= 4 is 17.3 Å². The summed E-state index contributed by atoms with van der Waals surface area (Å²) in [5, 5.41) is 14.0. The number of rotatable bonds is 7. The quantitative estimate of drug-likeness (QED) is 0.580. The van der Waals surface area contributed by atoms with E-state index < -0.39 is 4.92 Å². The lowest BCUT2D eigenvalue weighted by Gasteiger charge is -2.15. The molecule has 0 aromatic carbocycles. The van der Waals surface area contributed by atoms with Crippen LogP contribution in [0.25, 0.3) is 0 Å². The largest absolute Gasteiger partial charge is 0.378 e. The van der Waals surface area contributed by atoms with Gasteiger partial charge in [-0.25, -0.2) is 9.97 Å². The van der Waals surface area contributed by atoms with Crippen molar-refractivity contribution in [1.82, 2.24) is 9.97 Å². The summed E-state index contributed by atoms with van der Waals surface area (Å²) in [6.45, 7) is 6.32. The van der Waals surface area contributed by atoms with E-state index in [0.717, 1.165) is 19.3 Å². The molecule has 7 heteroatoms. The molecule has 1 rings (SSSR count). The topological polar surface area (TPSA) is 107 Å². The third-order valence-corrected chi connectivity index (χ3v) is 2.83. The lowest BCUT2D eigenvalue weighted by Crippen LogP contribution is -2.18. The summed E-state index contributed by atoms with van der Waals surface area (Å²) >= 11 is 0. The second-order valence-corrected chi connectivity index (χ2v) is 5.08. The summed E-state index contributed by atoms with van der Waals surface area (Å²) in [5.41, 5.74) is 5.25. The second kappa shape index (κ2) is 6.86. The van der Waals surface area contributed by atoms with Crippen molar-refractivity contribution in [1.29, 1.82) is 0 Å². The Kier molecular flexibility index (Phi) is 5.47. The predicted octanol–water partition coefficient (Wildman–Crippen LogP) is 2.59. The molecule has 1 heterocycles. The number of nitro groups is 1. The van der Waals surface area contributed by atoms with Gasteiger partial charge in [0.1, 0.15) is 6.33 Å². The van der Waals surface area contributed by atoms with Crippen LogP contribution < -0.4 is 11.1 Å². The molecule has 1 aromatic rings. The number of nitrogens with one attached hydrogen (secondary N) is 1. The highest BCUT2D eigenvalue weighted by Gasteiger charge is 2.21. The van der Waals surface area contributed by atoms with Crippen molar-refractivity contribution in [3.05, 3.63) is 16.4 Å². The molecule has 1 aromatic heterocycles. The van der Waals surface area contributed by atoms with E-state index in [4.69, 9.17) is 5.73 Å². The Morgan fingerprint density at radius 3 is 2.63 bits per heavy atom. The van der Waals surface area contributed by atoms with Crippen molar-refractivity contribution in [2.75, 3.05) is 11.1 Å². The Labute approximate surface area is 112 Å². The average molecular weight is 267 g/mol. The van der Waals surface area contributed by atoms with Gasteiger partial charge in [-0.05, 0) is 19.3 Å². The zero-order chi connectivity index (χ0) is 14.4. The Morgan fingerprint density at radius 2 is 2.05 bits per heavy atom. The SMILES string of the molecule is CC(C)CCCC(C)Nc1ncnc(N)c1[N+](=O)[O-]. The van der Waals surface area contributed by atoms with E-state index in [-0.39, 0.29) is 23.4 Å². The molecule has 0 spiro atoms. The summed E-state index contributed by atoms with van der Waals surface area (Å²) in [6, 6.07) is 0.103. The van der Waals surface area contributed by atoms with Gasteiger partial charge in [0.2, 0.25) is 11.6 Å². The Balaban J connectivity index is 2.66. The van der Waals surface area contributed by atoms with Gasteiger partial charge in [-0.1, -0.05) is 26.7 Å². The molecule has 0 saturated carbocycles. The number of hydrogen-bond acceptors (Lipinski definition) is 6. The normalized spacial score (nSPS) is 12.4. The minimum absolute atomic E-state index is 0.103. The maximum absolute atomic E-state index is 10.9. The molecule has 0 radical (unpaired) electrons. The Hall–Kier alpha value is -1.92. The maximum Gasteiger partial charge on any atom is 0.352 e. The summed E-state index contributed by atoms with van der Waals surface area (Å²) in [4.78, 5) is 17.9. The molecular formula is C12H21N5O2. The highest BCUT2D eigenvalue weighted by atomic mass is 16.6. The van der Waals surface area contributed by atoms with Gasteiger partial charge < -0.3 is 11.1 Å². The van der Waals surface area contributed by atoms with Crippen LogP contribution >= 0.6 is 0 Å². The van der Waals surface area contributed by atoms with Crippen LogP contribution in [-0.4, -0.2) is 20.9 Å². The van der Waals surface area contributed by atoms with Gasteiger partial charge in [0, 0.05) is 6.04 Å². The highest BCUT2D eigenvalue weighted by molar-refractivity contribution is 5.67. The van der Waals surface area contributed by atoms with Gasteiger partial charge in [0.05, 0.1) is 4.92 Å². The van der Waals surface area contributed by atoms with Crippen LogP contribution in [-0.2, 0) is 0 Å². The van der Waals surface area contributed by atoms with Gasteiger partial charge in [0.15, 0.2) is 0 Å². The van der Waals surface area contributed by atoms with Crippen LogP contribution in [0.15, 0.2) is 6.33 Å².